The van der Waals surface area contributed by atoms with Crippen molar-refractivity contribution in [3.05, 3.63) is 63.9 Å². The first kappa shape index (κ1) is 16.5. The largest absolute Gasteiger partial charge is 0.294 e. The third-order valence-corrected chi connectivity index (χ3v) is 6.11. The van der Waals surface area contributed by atoms with Crippen LogP contribution >= 0.6 is 11.6 Å². The normalized spacial score (nSPS) is 22.6. The first-order valence-electron chi connectivity index (χ1n) is 8.77. The van der Waals surface area contributed by atoms with Gasteiger partial charge in [-0.3, -0.25) is 4.79 Å². The van der Waals surface area contributed by atoms with Gasteiger partial charge in [0.2, 0.25) is 0 Å². The van der Waals surface area contributed by atoms with Crippen molar-refractivity contribution in [2.75, 3.05) is 0 Å². The maximum Gasteiger partial charge on any atom is 0.166 e. The van der Waals surface area contributed by atoms with Crippen molar-refractivity contribution in [1.29, 1.82) is 0 Å². The van der Waals surface area contributed by atoms with E-state index in [1.54, 1.807) is 12.1 Å². The van der Waals surface area contributed by atoms with Crippen LogP contribution in [-0.2, 0) is 4.79 Å². The van der Waals surface area contributed by atoms with Crippen LogP contribution in [0.3, 0.4) is 0 Å². The quantitative estimate of drug-likeness (QED) is 0.625. The molecule has 0 N–H and O–H groups in total. The van der Waals surface area contributed by atoms with Gasteiger partial charge in [0.05, 0.1) is 5.02 Å². The summed E-state index contributed by atoms with van der Waals surface area (Å²) in [6.07, 6.45) is 3.15. The highest BCUT2D eigenvalue weighted by molar-refractivity contribution is 6.31. The van der Waals surface area contributed by atoms with Crippen molar-refractivity contribution >= 4 is 23.0 Å². The summed E-state index contributed by atoms with van der Waals surface area (Å²) in [4.78, 5) is 13.0. The van der Waals surface area contributed by atoms with Crippen molar-refractivity contribution in [1.82, 2.24) is 0 Å². The second kappa shape index (κ2) is 6.10. The molecule has 25 heavy (non-hydrogen) atoms. The highest BCUT2D eigenvalue weighted by Gasteiger charge is 2.39. The highest BCUT2D eigenvalue weighted by atomic mass is 35.5. The van der Waals surface area contributed by atoms with Crippen LogP contribution < -0.4 is 0 Å². The number of fused-ring (bicyclic) bond motifs is 2. The Morgan fingerprint density at radius 3 is 2.44 bits per heavy atom. The van der Waals surface area contributed by atoms with E-state index in [4.69, 9.17) is 11.6 Å². The standard InChI is InChI=1S/C22H20ClFO/c1-12-3-4-15(16-7-8-20(24)19(23)11-16)10-18(12)21-13(2)14-5-6-17(9-14)22(21)25/h3-4,7-8,10-11,14,17H,5-6,9H2,1-2H3/t14-,17+/m0/s1. The molecule has 2 atom stereocenters. The zero-order chi connectivity index (χ0) is 17.7. The van der Waals surface area contributed by atoms with Crippen molar-refractivity contribution < 1.29 is 9.18 Å². The number of hydrogen-bond acceptors (Lipinski definition) is 1. The molecular formula is C22H20ClFO. The van der Waals surface area contributed by atoms with E-state index in [0.29, 0.717) is 11.7 Å². The van der Waals surface area contributed by atoms with Crippen LogP contribution in [0.15, 0.2) is 42.0 Å². The SMILES string of the molecule is CC1=C(c2cc(-c3ccc(F)c(Cl)c3)ccc2C)C(=O)[C@@H]2CC[C@H]1C2. The molecule has 1 saturated carbocycles. The fraction of sp³-hybridized carbons (Fsp3) is 0.318. The lowest BCUT2D eigenvalue weighted by Gasteiger charge is -2.25. The summed E-state index contributed by atoms with van der Waals surface area (Å²) in [5, 5.41) is 0.113. The van der Waals surface area contributed by atoms with Gasteiger partial charge in [-0.15, -0.1) is 0 Å². The molecule has 0 heterocycles. The molecule has 2 aromatic rings. The van der Waals surface area contributed by atoms with Gasteiger partial charge < -0.3 is 0 Å². The maximum atomic E-state index is 13.5. The predicted molar refractivity (Wildman–Crippen MR) is 100 cm³/mol. The number of benzene rings is 2. The number of rotatable bonds is 2. The van der Waals surface area contributed by atoms with Crippen molar-refractivity contribution in [2.45, 2.75) is 33.1 Å². The minimum atomic E-state index is -0.421. The summed E-state index contributed by atoms with van der Waals surface area (Å²) in [5.41, 5.74) is 6.06. The molecule has 0 saturated heterocycles. The van der Waals surface area contributed by atoms with E-state index < -0.39 is 5.82 Å². The highest BCUT2D eigenvalue weighted by Crippen LogP contribution is 2.46. The van der Waals surface area contributed by atoms with E-state index in [0.717, 1.165) is 47.1 Å². The summed E-state index contributed by atoms with van der Waals surface area (Å²) in [5.74, 6) is 0.604. The predicted octanol–water partition coefficient (Wildman–Crippen LogP) is 6.23. The van der Waals surface area contributed by atoms with Crippen LogP contribution in [-0.4, -0.2) is 5.78 Å². The Kier molecular flexibility index (Phi) is 4.04. The number of Topliss-reactive ketones (excluding diaryl/α,β-unsaturated/α-hetero) is 1. The second-order valence-electron chi connectivity index (χ2n) is 7.29. The summed E-state index contributed by atoms with van der Waals surface area (Å²) in [6.45, 7) is 4.15. The molecule has 2 bridgehead atoms. The van der Waals surface area contributed by atoms with Crippen LogP contribution in [0.2, 0.25) is 5.02 Å². The maximum absolute atomic E-state index is 13.5. The molecule has 128 valence electrons. The molecule has 0 aromatic heterocycles. The smallest absolute Gasteiger partial charge is 0.166 e. The Hall–Kier alpha value is -1.93. The van der Waals surface area contributed by atoms with Crippen LogP contribution in [0.25, 0.3) is 16.7 Å². The van der Waals surface area contributed by atoms with E-state index in [2.05, 4.69) is 13.0 Å². The topological polar surface area (TPSA) is 17.1 Å². The number of carbonyl (C=O) groups is 1. The molecule has 0 amide bonds. The average Bonchev–Trinajstić information content (AvgIpc) is 3.05. The van der Waals surface area contributed by atoms with Gasteiger partial charge in [-0.1, -0.05) is 35.4 Å². The van der Waals surface area contributed by atoms with Gasteiger partial charge in [-0.25, -0.2) is 4.39 Å². The second-order valence-corrected chi connectivity index (χ2v) is 7.69. The third-order valence-electron chi connectivity index (χ3n) is 5.82. The molecule has 3 heteroatoms. The van der Waals surface area contributed by atoms with Gasteiger partial charge in [0.15, 0.2) is 5.78 Å². The molecule has 2 aliphatic rings. The molecule has 0 radical (unpaired) electrons. The molecule has 0 spiro atoms. The van der Waals surface area contributed by atoms with Gasteiger partial charge in [-0.2, -0.15) is 0 Å². The number of carbonyl (C=O) groups excluding carboxylic acids is 1. The van der Waals surface area contributed by atoms with E-state index >= 15 is 0 Å². The summed E-state index contributed by atoms with van der Waals surface area (Å²) in [7, 11) is 0. The third kappa shape index (κ3) is 2.73. The van der Waals surface area contributed by atoms with Gasteiger partial charge in [-0.05, 0) is 79.5 Å². The molecule has 1 fully saturated rings. The number of ketones is 1. The monoisotopic (exact) mass is 354 g/mol. The average molecular weight is 355 g/mol. The summed E-state index contributed by atoms with van der Waals surface area (Å²) < 4.78 is 13.5. The van der Waals surface area contributed by atoms with Gasteiger partial charge in [0.25, 0.3) is 0 Å². The Morgan fingerprint density at radius 1 is 1.00 bits per heavy atom. The number of allylic oxidation sites excluding steroid dienone is 2. The minimum Gasteiger partial charge on any atom is -0.294 e. The van der Waals surface area contributed by atoms with E-state index in [-0.39, 0.29) is 10.9 Å². The molecule has 4 rings (SSSR count). The molecule has 2 aliphatic carbocycles. The number of halogens is 2. The Morgan fingerprint density at radius 2 is 1.68 bits per heavy atom. The Bertz CT molecular complexity index is 912. The first-order valence-corrected chi connectivity index (χ1v) is 9.15. The fourth-order valence-corrected chi connectivity index (χ4v) is 4.49. The zero-order valence-corrected chi connectivity index (χ0v) is 15.2. The molecule has 0 unspecified atom stereocenters. The molecule has 1 nitrogen and oxygen atoms in total. The van der Waals surface area contributed by atoms with Crippen molar-refractivity contribution in [2.24, 2.45) is 11.8 Å². The molecular weight excluding hydrogens is 335 g/mol. The van der Waals surface area contributed by atoms with Crippen LogP contribution in [0.1, 0.15) is 37.3 Å². The fourth-order valence-electron chi connectivity index (χ4n) is 4.31. The van der Waals surface area contributed by atoms with E-state index in [1.165, 1.54) is 11.6 Å². The van der Waals surface area contributed by atoms with Gasteiger partial charge in [0, 0.05) is 11.5 Å². The molecule has 2 aromatic carbocycles. The van der Waals surface area contributed by atoms with Crippen LogP contribution in [0.5, 0.6) is 0 Å². The van der Waals surface area contributed by atoms with Gasteiger partial charge in [0.1, 0.15) is 5.82 Å². The summed E-state index contributed by atoms with van der Waals surface area (Å²) in [6, 6.07) is 10.8. The lowest BCUT2D eigenvalue weighted by molar-refractivity contribution is -0.117. The van der Waals surface area contributed by atoms with Crippen LogP contribution in [0, 0.1) is 24.6 Å². The lowest BCUT2D eigenvalue weighted by atomic mass is 9.78. The van der Waals surface area contributed by atoms with Gasteiger partial charge >= 0.3 is 0 Å². The van der Waals surface area contributed by atoms with Crippen LogP contribution in [0.4, 0.5) is 4.39 Å². The number of hydrogen-bond donors (Lipinski definition) is 0. The van der Waals surface area contributed by atoms with Crippen molar-refractivity contribution in [3.63, 3.8) is 0 Å². The minimum absolute atomic E-state index is 0.113. The molecule has 0 aliphatic heterocycles. The van der Waals surface area contributed by atoms with Crippen molar-refractivity contribution in [3.8, 4) is 11.1 Å². The summed E-state index contributed by atoms with van der Waals surface area (Å²) >= 11 is 5.94. The Balaban J connectivity index is 1.84. The number of aryl methyl sites for hydroxylation is 1. The lowest BCUT2D eigenvalue weighted by Crippen LogP contribution is -2.20. The van der Waals surface area contributed by atoms with E-state index in [9.17, 15) is 9.18 Å². The first-order chi connectivity index (χ1) is 12.0. The van der Waals surface area contributed by atoms with E-state index in [1.807, 2.05) is 19.1 Å². The zero-order valence-electron chi connectivity index (χ0n) is 14.4. The Labute approximate surface area is 152 Å².